The minimum atomic E-state index is 0.00152. The van der Waals surface area contributed by atoms with Crippen LogP contribution in [-0.4, -0.2) is 45.7 Å². The van der Waals surface area contributed by atoms with Crippen molar-refractivity contribution in [2.75, 3.05) is 19.6 Å². The van der Waals surface area contributed by atoms with Gasteiger partial charge in [-0.05, 0) is 37.8 Å². The zero-order valence-electron chi connectivity index (χ0n) is 14.9. The second-order valence-corrected chi connectivity index (χ2v) is 6.64. The minimum absolute atomic E-state index is 0.00152. The maximum Gasteiger partial charge on any atom is 0.317 e. The summed E-state index contributed by atoms with van der Waals surface area (Å²) in [6, 6.07) is 5.96. The van der Waals surface area contributed by atoms with E-state index in [1.165, 1.54) is 0 Å². The largest absolute Gasteiger partial charge is 0.340 e. The molecule has 0 aromatic carbocycles. The maximum atomic E-state index is 12.4. The van der Waals surface area contributed by atoms with Gasteiger partial charge < -0.3 is 14.7 Å². The van der Waals surface area contributed by atoms with Gasteiger partial charge in [0.05, 0.1) is 0 Å². The minimum Gasteiger partial charge on any atom is -0.340 e. The molecule has 0 unspecified atom stereocenters. The van der Waals surface area contributed by atoms with E-state index in [0.717, 1.165) is 56.0 Å². The molecule has 1 aliphatic rings. The van der Waals surface area contributed by atoms with Gasteiger partial charge in [0.25, 0.3) is 0 Å². The first-order chi connectivity index (χ1) is 12.1. The van der Waals surface area contributed by atoms with Crippen LogP contribution in [0.3, 0.4) is 0 Å². The lowest BCUT2D eigenvalue weighted by atomic mass is 9.95. The molecule has 1 saturated heterocycles. The van der Waals surface area contributed by atoms with Crippen molar-refractivity contribution in [2.24, 2.45) is 5.92 Å². The van der Waals surface area contributed by atoms with Crippen molar-refractivity contribution in [3.63, 3.8) is 0 Å². The summed E-state index contributed by atoms with van der Waals surface area (Å²) in [5.41, 5.74) is 2.00. The van der Waals surface area contributed by atoms with E-state index in [1.54, 1.807) is 6.92 Å². The number of nitrogens with one attached hydrogen (secondary N) is 1. The van der Waals surface area contributed by atoms with Gasteiger partial charge in [-0.15, -0.1) is 0 Å². The van der Waals surface area contributed by atoms with E-state index in [2.05, 4.69) is 20.4 Å². The van der Waals surface area contributed by atoms with Crippen molar-refractivity contribution in [3.05, 3.63) is 41.3 Å². The summed E-state index contributed by atoms with van der Waals surface area (Å²) in [6.07, 6.45) is 3.60. The molecule has 3 rings (SSSR count). The molecule has 1 N–H and O–H groups in total. The number of urea groups is 1. The molecule has 3 heterocycles. The second kappa shape index (κ2) is 8.09. The highest BCUT2D eigenvalue weighted by molar-refractivity contribution is 5.74. The normalized spacial score (nSPS) is 17.5. The third kappa shape index (κ3) is 5.01. The number of piperidine rings is 1. The van der Waals surface area contributed by atoms with E-state index in [1.807, 2.05) is 30.0 Å². The first-order valence-electron chi connectivity index (χ1n) is 8.84. The standard InChI is InChI=1S/C18H25N5O2/c1-13-5-3-7-16(20-13)8-9-19-18(24)23-10-4-6-15(12-23)11-17-21-14(2)25-22-17/h3,5,7,15H,4,6,8-12H2,1-2H3,(H,19,24)/t15-/m1/s1. The Hall–Kier alpha value is -2.44. The van der Waals surface area contributed by atoms with E-state index in [0.29, 0.717) is 18.4 Å². The highest BCUT2D eigenvalue weighted by atomic mass is 16.5. The predicted molar refractivity (Wildman–Crippen MR) is 93.1 cm³/mol. The highest BCUT2D eigenvalue weighted by Crippen LogP contribution is 2.19. The average Bonchev–Trinajstić information content (AvgIpc) is 3.00. The number of likely N-dealkylation sites (tertiary alicyclic amines) is 1. The number of hydrogen-bond acceptors (Lipinski definition) is 5. The third-order valence-electron chi connectivity index (χ3n) is 4.45. The summed E-state index contributed by atoms with van der Waals surface area (Å²) < 4.78 is 5.02. The van der Waals surface area contributed by atoms with Gasteiger partial charge in [-0.1, -0.05) is 11.2 Å². The number of carbonyl (C=O) groups is 1. The number of rotatable bonds is 5. The third-order valence-corrected chi connectivity index (χ3v) is 4.45. The quantitative estimate of drug-likeness (QED) is 0.900. The molecule has 2 aromatic heterocycles. The summed E-state index contributed by atoms with van der Waals surface area (Å²) in [5.74, 6) is 1.70. The fraction of sp³-hybridized carbons (Fsp3) is 0.556. The van der Waals surface area contributed by atoms with E-state index in [4.69, 9.17) is 4.52 Å². The van der Waals surface area contributed by atoms with E-state index in [9.17, 15) is 4.79 Å². The Bertz CT molecular complexity index is 715. The highest BCUT2D eigenvalue weighted by Gasteiger charge is 2.24. The SMILES string of the molecule is Cc1cccc(CCNC(=O)N2CCC[C@H](Cc3noc(C)n3)C2)n1. The molecule has 0 spiro atoms. The Morgan fingerprint density at radius 2 is 2.24 bits per heavy atom. The van der Waals surface area contributed by atoms with Gasteiger partial charge in [0.2, 0.25) is 5.89 Å². The lowest BCUT2D eigenvalue weighted by molar-refractivity contribution is 0.164. The van der Waals surface area contributed by atoms with E-state index < -0.39 is 0 Å². The van der Waals surface area contributed by atoms with Gasteiger partial charge in [-0.3, -0.25) is 4.98 Å². The first-order valence-corrected chi connectivity index (χ1v) is 8.84. The van der Waals surface area contributed by atoms with Crippen molar-refractivity contribution in [3.8, 4) is 0 Å². The molecule has 1 fully saturated rings. The Labute approximate surface area is 147 Å². The second-order valence-electron chi connectivity index (χ2n) is 6.64. The molecule has 0 aliphatic carbocycles. The summed E-state index contributed by atoms with van der Waals surface area (Å²) in [6.45, 7) is 5.90. The Morgan fingerprint density at radius 1 is 1.36 bits per heavy atom. The van der Waals surface area contributed by atoms with E-state index >= 15 is 0 Å². The summed E-state index contributed by atoms with van der Waals surface area (Å²) >= 11 is 0. The molecular weight excluding hydrogens is 318 g/mol. The van der Waals surface area contributed by atoms with Crippen LogP contribution in [0.2, 0.25) is 0 Å². The molecule has 25 heavy (non-hydrogen) atoms. The van der Waals surface area contributed by atoms with Crippen molar-refractivity contribution >= 4 is 6.03 Å². The van der Waals surface area contributed by atoms with Crippen molar-refractivity contribution in [2.45, 2.75) is 39.5 Å². The molecule has 0 radical (unpaired) electrons. The van der Waals surface area contributed by atoms with Crippen LogP contribution in [0, 0.1) is 19.8 Å². The number of hydrogen-bond donors (Lipinski definition) is 1. The molecule has 2 aromatic rings. The predicted octanol–water partition coefficient (Wildman–Crippen LogP) is 2.29. The summed E-state index contributed by atoms with van der Waals surface area (Å²) in [7, 11) is 0. The number of aryl methyl sites for hydroxylation is 2. The van der Waals surface area contributed by atoms with Crippen molar-refractivity contribution in [1.82, 2.24) is 25.3 Å². The zero-order chi connectivity index (χ0) is 17.6. The van der Waals surface area contributed by atoms with Gasteiger partial charge in [-0.25, -0.2) is 4.79 Å². The van der Waals surface area contributed by atoms with Crippen LogP contribution < -0.4 is 5.32 Å². The molecule has 7 heteroatoms. The summed E-state index contributed by atoms with van der Waals surface area (Å²) in [4.78, 5) is 23.0. The van der Waals surface area contributed by atoms with Crippen LogP contribution in [0.25, 0.3) is 0 Å². The molecule has 1 aliphatic heterocycles. The Balaban J connectivity index is 1.45. The number of carbonyl (C=O) groups excluding carboxylic acids is 1. The monoisotopic (exact) mass is 343 g/mol. The van der Waals surface area contributed by atoms with Gasteiger partial charge >= 0.3 is 6.03 Å². The zero-order valence-corrected chi connectivity index (χ0v) is 14.9. The molecular formula is C18H25N5O2. The summed E-state index contributed by atoms with van der Waals surface area (Å²) in [5, 5.41) is 6.96. The molecule has 1 atom stereocenters. The van der Waals surface area contributed by atoms with Crippen LogP contribution in [-0.2, 0) is 12.8 Å². The molecule has 7 nitrogen and oxygen atoms in total. The van der Waals surface area contributed by atoms with Gasteiger partial charge in [0.15, 0.2) is 5.82 Å². The number of nitrogens with zero attached hydrogens (tertiary/aromatic N) is 4. The van der Waals surface area contributed by atoms with Gasteiger partial charge in [0, 0.05) is 50.8 Å². The number of amides is 2. The lowest BCUT2D eigenvalue weighted by Crippen LogP contribution is -2.46. The smallest absolute Gasteiger partial charge is 0.317 e. The van der Waals surface area contributed by atoms with Crippen molar-refractivity contribution < 1.29 is 9.32 Å². The van der Waals surface area contributed by atoms with E-state index in [-0.39, 0.29) is 6.03 Å². The topological polar surface area (TPSA) is 84.2 Å². The average molecular weight is 343 g/mol. The number of pyridine rings is 1. The number of aromatic nitrogens is 3. The van der Waals surface area contributed by atoms with Crippen LogP contribution in [0.5, 0.6) is 0 Å². The van der Waals surface area contributed by atoms with Crippen LogP contribution in [0.1, 0.15) is 35.9 Å². The molecule has 2 amide bonds. The van der Waals surface area contributed by atoms with Gasteiger partial charge in [0.1, 0.15) is 0 Å². The lowest BCUT2D eigenvalue weighted by Gasteiger charge is -2.32. The van der Waals surface area contributed by atoms with Crippen LogP contribution in [0.15, 0.2) is 22.7 Å². The van der Waals surface area contributed by atoms with Crippen LogP contribution in [0.4, 0.5) is 4.79 Å². The van der Waals surface area contributed by atoms with Crippen molar-refractivity contribution in [1.29, 1.82) is 0 Å². The molecule has 0 bridgehead atoms. The fourth-order valence-electron chi connectivity index (χ4n) is 3.25. The first kappa shape index (κ1) is 17.4. The van der Waals surface area contributed by atoms with Crippen LogP contribution >= 0.6 is 0 Å². The Kier molecular flexibility index (Phi) is 5.63. The maximum absolute atomic E-state index is 12.4. The molecule has 134 valence electrons. The fourth-order valence-corrected chi connectivity index (χ4v) is 3.25. The Morgan fingerprint density at radius 3 is 3.00 bits per heavy atom. The molecule has 0 saturated carbocycles. The van der Waals surface area contributed by atoms with Gasteiger partial charge in [-0.2, -0.15) is 4.98 Å².